The Kier molecular flexibility index (Phi) is 4.55. The molecule has 15 heavy (non-hydrogen) atoms. The SMILES string of the molecule is CO[Si](C)(C)CCCc1ccccc1C. The van der Waals surface area contributed by atoms with Crippen molar-refractivity contribution in [2.45, 2.75) is 38.9 Å². The van der Waals surface area contributed by atoms with Crippen LogP contribution in [0.3, 0.4) is 0 Å². The lowest BCUT2D eigenvalue weighted by atomic mass is 10.1. The van der Waals surface area contributed by atoms with Crippen molar-refractivity contribution in [2.24, 2.45) is 0 Å². The highest BCUT2D eigenvalue weighted by molar-refractivity contribution is 6.71. The van der Waals surface area contributed by atoms with E-state index in [2.05, 4.69) is 44.3 Å². The topological polar surface area (TPSA) is 9.23 Å². The lowest BCUT2D eigenvalue weighted by Gasteiger charge is -2.19. The Morgan fingerprint density at radius 1 is 1.20 bits per heavy atom. The van der Waals surface area contributed by atoms with Crippen molar-refractivity contribution in [2.75, 3.05) is 7.11 Å². The summed E-state index contributed by atoms with van der Waals surface area (Å²) in [7, 11) is 0.499. The maximum Gasteiger partial charge on any atom is 0.186 e. The van der Waals surface area contributed by atoms with Gasteiger partial charge < -0.3 is 4.43 Å². The molecule has 1 rings (SSSR count). The summed E-state index contributed by atoms with van der Waals surface area (Å²) in [6.07, 6.45) is 2.43. The average Bonchev–Trinajstić information content (AvgIpc) is 2.21. The highest BCUT2D eigenvalue weighted by Gasteiger charge is 2.19. The third-order valence-corrected chi connectivity index (χ3v) is 5.70. The van der Waals surface area contributed by atoms with Crippen LogP contribution in [-0.4, -0.2) is 15.4 Å². The number of hydrogen-bond donors (Lipinski definition) is 0. The minimum Gasteiger partial charge on any atom is -0.420 e. The number of benzene rings is 1. The van der Waals surface area contributed by atoms with Crippen LogP contribution in [0.15, 0.2) is 24.3 Å². The molecule has 0 unspecified atom stereocenters. The molecule has 0 heterocycles. The molecule has 1 nitrogen and oxygen atoms in total. The van der Waals surface area contributed by atoms with E-state index < -0.39 is 8.32 Å². The van der Waals surface area contributed by atoms with E-state index in [4.69, 9.17) is 4.43 Å². The number of aryl methyl sites for hydroxylation is 2. The summed E-state index contributed by atoms with van der Waals surface area (Å²) < 4.78 is 5.54. The van der Waals surface area contributed by atoms with E-state index in [0.29, 0.717) is 0 Å². The van der Waals surface area contributed by atoms with Gasteiger partial charge in [-0.15, -0.1) is 0 Å². The first-order valence-corrected chi connectivity index (χ1v) is 8.76. The molecule has 0 spiro atoms. The molecule has 0 atom stereocenters. The fraction of sp³-hybridized carbons (Fsp3) is 0.538. The third-order valence-electron chi connectivity index (χ3n) is 3.04. The zero-order valence-electron chi connectivity index (χ0n) is 10.3. The second kappa shape index (κ2) is 5.47. The zero-order valence-corrected chi connectivity index (χ0v) is 11.3. The Morgan fingerprint density at radius 3 is 2.47 bits per heavy atom. The second-order valence-electron chi connectivity index (χ2n) is 4.74. The van der Waals surface area contributed by atoms with E-state index in [1.165, 1.54) is 30.0 Å². The summed E-state index contributed by atoms with van der Waals surface area (Å²) in [5.74, 6) is 0. The van der Waals surface area contributed by atoms with E-state index in [0.717, 1.165) is 0 Å². The molecular weight excluding hydrogens is 200 g/mol. The van der Waals surface area contributed by atoms with Gasteiger partial charge in [0.2, 0.25) is 0 Å². The molecule has 0 amide bonds. The van der Waals surface area contributed by atoms with Crippen molar-refractivity contribution in [3.8, 4) is 0 Å². The van der Waals surface area contributed by atoms with E-state index in [1.807, 2.05) is 7.11 Å². The molecule has 0 saturated heterocycles. The Bertz CT molecular complexity index is 307. The average molecular weight is 222 g/mol. The molecular formula is C13H22OSi. The maximum atomic E-state index is 5.54. The molecule has 0 aliphatic carbocycles. The summed E-state index contributed by atoms with van der Waals surface area (Å²) in [6, 6.07) is 9.90. The van der Waals surface area contributed by atoms with Crippen LogP contribution in [-0.2, 0) is 10.8 Å². The van der Waals surface area contributed by atoms with Gasteiger partial charge in [0, 0.05) is 7.11 Å². The first kappa shape index (κ1) is 12.5. The predicted octanol–water partition coefficient (Wildman–Crippen LogP) is 3.78. The normalized spacial score (nSPS) is 11.7. The number of rotatable bonds is 5. The Balaban J connectivity index is 2.42. The smallest absolute Gasteiger partial charge is 0.186 e. The van der Waals surface area contributed by atoms with Gasteiger partial charge >= 0.3 is 0 Å². The van der Waals surface area contributed by atoms with Crippen LogP contribution in [0, 0.1) is 6.92 Å². The Labute approximate surface area is 94.6 Å². The van der Waals surface area contributed by atoms with Gasteiger partial charge in [0.25, 0.3) is 0 Å². The van der Waals surface area contributed by atoms with Crippen LogP contribution >= 0.6 is 0 Å². The lowest BCUT2D eigenvalue weighted by Crippen LogP contribution is -2.28. The van der Waals surface area contributed by atoms with E-state index in [-0.39, 0.29) is 0 Å². The van der Waals surface area contributed by atoms with Gasteiger partial charge in [-0.3, -0.25) is 0 Å². The molecule has 0 fully saturated rings. The highest BCUT2D eigenvalue weighted by Crippen LogP contribution is 2.16. The predicted molar refractivity (Wildman–Crippen MR) is 68.8 cm³/mol. The maximum absolute atomic E-state index is 5.54. The van der Waals surface area contributed by atoms with E-state index in [9.17, 15) is 0 Å². The van der Waals surface area contributed by atoms with Crippen LogP contribution < -0.4 is 0 Å². The minimum absolute atomic E-state index is 1.19. The molecule has 0 aliphatic heterocycles. The largest absolute Gasteiger partial charge is 0.420 e. The molecule has 0 radical (unpaired) electrons. The molecule has 0 saturated carbocycles. The van der Waals surface area contributed by atoms with E-state index in [1.54, 1.807) is 0 Å². The van der Waals surface area contributed by atoms with Crippen LogP contribution in [0.25, 0.3) is 0 Å². The summed E-state index contributed by atoms with van der Waals surface area (Å²) in [5.41, 5.74) is 2.90. The Hall–Kier alpha value is -0.603. The van der Waals surface area contributed by atoms with Crippen LogP contribution in [0.1, 0.15) is 17.5 Å². The molecule has 0 aromatic heterocycles. The first-order valence-electron chi connectivity index (χ1n) is 5.65. The molecule has 1 aromatic carbocycles. The Morgan fingerprint density at radius 2 is 1.87 bits per heavy atom. The monoisotopic (exact) mass is 222 g/mol. The van der Waals surface area contributed by atoms with E-state index >= 15 is 0 Å². The summed E-state index contributed by atoms with van der Waals surface area (Å²) in [4.78, 5) is 0. The standard InChI is InChI=1S/C13H22OSi/c1-12-8-5-6-9-13(12)10-7-11-15(3,4)14-2/h5-6,8-9H,7,10-11H2,1-4H3. The first-order chi connectivity index (χ1) is 7.05. The number of hydrogen-bond acceptors (Lipinski definition) is 1. The van der Waals surface area contributed by atoms with Crippen molar-refractivity contribution in [1.29, 1.82) is 0 Å². The van der Waals surface area contributed by atoms with Crippen molar-refractivity contribution in [3.63, 3.8) is 0 Å². The fourth-order valence-electron chi connectivity index (χ4n) is 1.70. The van der Waals surface area contributed by atoms with Gasteiger partial charge in [0.15, 0.2) is 8.32 Å². The quantitative estimate of drug-likeness (QED) is 0.689. The van der Waals surface area contributed by atoms with Crippen LogP contribution in [0.5, 0.6) is 0 Å². The van der Waals surface area contributed by atoms with Gasteiger partial charge in [-0.05, 0) is 50.0 Å². The molecule has 2 heteroatoms. The molecule has 0 N–H and O–H groups in total. The van der Waals surface area contributed by atoms with Crippen molar-refractivity contribution in [3.05, 3.63) is 35.4 Å². The molecule has 0 bridgehead atoms. The summed E-state index contributed by atoms with van der Waals surface area (Å²) >= 11 is 0. The highest BCUT2D eigenvalue weighted by atomic mass is 28.4. The summed E-state index contributed by atoms with van der Waals surface area (Å²) in [6.45, 7) is 6.75. The van der Waals surface area contributed by atoms with Gasteiger partial charge in [-0.2, -0.15) is 0 Å². The van der Waals surface area contributed by atoms with Gasteiger partial charge in [-0.1, -0.05) is 24.3 Å². The minimum atomic E-state index is -1.35. The zero-order chi connectivity index (χ0) is 11.3. The molecule has 1 aromatic rings. The van der Waals surface area contributed by atoms with Gasteiger partial charge in [0.1, 0.15) is 0 Å². The van der Waals surface area contributed by atoms with Crippen molar-refractivity contribution in [1.82, 2.24) is 0 Å². The lowest BCUT2D eigenvalue weighted by molar-refractivity contribution is 0.402. The van der Waals surface area contributed by atoms with Crippen molar-refractivity contribution >= 4 is 8.32 Å². The summed E-state index contributed by atoms with van der Waals surface area (Å²) in [5, 5.41) is 0. The molecule has 84 valence electrons. The van der Waals surface area contributed by atoms with Gasteiger partial charge in [-0.25, -0.2) is 0 Å². The van der Waals surface area contributed by atoms with Gasteiger partial charge in [0.05, 0.1) is 0 Å². The second-order valence-corrected chi connectivity index (χ2v) is 9.17. The van der Waals surface area contributed by atoms with Crippen molar-refractivity contribution < 1.29 is 4.43 Å². The van der Waals surface area contributed by atoms with Crippen LogP contribution in [0.2, 0.25) is 19.1 Å². The molecule has 0 aliphatic rings. The van der Waals surface area contributed by atoms with Crippen LogP contribution in [0.4, 0.5) is 0 Å². The fourth-order valence-corrected chi connectivity index (χ4v) is 2.93. The third kappa shape index (κ3) is 4.18.